The number of carbonyl (C=O) groups excluding carboxylic acids is 2. The molecule has 1 aromatic rings. The summed E-state index contributed by atoms with van der Waals surface area (Å²) >= 11 is 13.3. The number of carbonyl (C=O) groups is 2. The molecular weight excluding hydrogens is 335 g/mol. The third kappa shape index (κ3) is 3.81. The summed E-state index contributed by atoms with van der Waals surface area (Å²) in [5.41, 5.74) is 0.311. The second kappa shape index (κ2) is 7.33. The Bertz CT molecular complexity index is 556. The number of hydrogen-bond donors (Lipinski definition) is 0. The topological polar surface area (TPSA) is 59.5 Å². The van der Waals surface area contributed by atoms with Gasteiger partial charge in [-0.2, -0.15) is 11.8 Å². The Balaban J connectivity index is 2.21. The first-order chi connectivity index (χ1) is 10.0. The molecule has 0 spiro atoms. The van der Waals surface area contributed by atoms with Gasteiger partial charge in [0.25, 0.3) is 5.91 Å². The molecule has 1 unspecified atom stereocenters. The first-order valence-corrected chi connectivity index (χ1v) is 8.32. The Morgan fingerprint density at radius 1 is 1.52 bits per heavy atom. The molecule has 1 amide bonds. The van der Waals surface area contributed by atoms with Gasteiger partial charge in [-0.25, -0.2) is 9.78 Å². The van der Waals surface area contributed by atoms with E-state index >= 15 is 0 Å². The molecule has 5 nitrogen and oxygen atoms in total. The fourth-order valence-corrected chi connectivity index (χ4v) is 3.29. The van der Waals surface area contributed by atoms with Crippen LogP contribution in [0.25, 0.3) is 0 Å². The van der Waals surface area contributed by atoms with Crippen molar-refractivity contribution in [3.63, 3.8) is 0 Å². The van der Waals surface area contributed by atoms with Crippen molar-refractivity contribution >= 4 is 46.8 Å². The summed E-state index contributed by atoms with van der Waals surface area (Å²) in [6.45, 7) is 2.51. The number of ether oxygens (including phenoxy) is 1. The lowest BCUT2D eigenvalue weighted by atomic mass is 10.2. The third-order valence-electron chi connectivity index (χ3n) is 2.99. The third-order valence-corrected chi connectivity index (χ3v) is 4.70. The smallest absolute Gasteiger partial charge is 0.329 e. The highest BCUT2D eigenvalue weighted by atomic mass is 35.5. The molecule has 2 rings (SSSR count). The Morgan fingerprint density at radius 2 is 2.29 bits per heavy atom. The van der Waals surface area contributed by atoms with E-state index in [0.29, 0.717) is 17.9 Å². The van der Waals surface area contributed by atoms with Crippen molar-refractivity contribution in [1.29, 1.82) is 0 Å². The van der Waals surface area contributed by atoms with Crippen molar-refractivity contribution in [3.05, 3.63) is 28.0 Å². The summed E-state index contributed by atoms with van der Waals surface area (Å²) in [6.07, 6.45) is 1.36. The van der Waals surface area contributed by atoms with Crippen LogP contribution in [0.3, 0.4) is 0 Å². The molecule has 0 radical (unpaired) electrons. The number of esters is 1. The lowest BCUT2D eigenvalue weighted by Gasteiger charge is -2.33. The molecule has 0 bridgehead atoms. The Kier molecular flexibility index (Phi) is 5.72. The van der Waals surface area contributed by atoms with E-state index in [1.165, 1.54) is 17.2 Å². The zero-order valence-electron chi connectivity index (χ0n) is 11.3. The van der Waals surface area contributed by atoms with E-state index in [9.17, 15) is 9.59 Å². The van der Waals surface area contributed by atoms with E-state index in [-0.39, 0.29) is 28.7 Å². The number of hydrogen-bond acceptors (Lipinski definition) is 5. The van der Waals surface area contributed by atoms with Crippen LogP contribution in [0.5, 0.6) is 0 Å². The summed E-state index contributed by atoms with van der Waals surface area (Å²) in [4.78, 5) is 29.9. The fraction of sp³-hybridized carbons (Fsp3) is 0.462. The number of halogens is 2. The fourth-order valence-electron chi connectivity index (χ4n) is 1.98. The van der Waals surface area contributed by atoms with Gasteiger partial charge in [-0.15, -0.1) is 0 Å². The van der Waals surface area contributed by atoms with E-state index in [1.54, 1.807) is 18.7 Å². The number of thioether (sulfide) groups is 1. The summed E-state index contributed by atoms with van der Waals surface area (Å²) in [7, 11) is 0. The van der Waals surface area contributed by atoms with Crippen molar-refractivity contribution in [3.8, 4) is 0 Å². The van der Waals surface area contributed by atoms with Crippen molar-refractivity contribution in [1.82, 2.24) is 9.88 Å². The van der Waals surface area contributed by atoms with Gasteiger partial charge < -0.3 is 9.64 Å². The Hall–Kier alpha value is -0.980. The minimum Gasteiger partial charge on any atom is -0.464 e. The second-order valence-electron chi connectivity index (χ2n) is 4.34. The number of nitrogens with zero attached hydrogens (tertiary/aromatic N) is 2. The average molecular weight is 349 g/mol. The van der Waals surface area contributed by atoms with E-state index in [2.05, 4.69) is 4.98 Å². The van der Waals surface area contributed by atoms with E-state index in [1.807, 2.05) is 0 Å². The normalized spacial score (nSPS) is 18.4. The monoisotopic (exact) mass is 348 g/mol. The first-order valence-electron chi connectivity index (χ1n) is 6.41. The summed E-state index contributed by atoms with van der Waals surface area (Å²) in [6, 6.07) is 0.883. The van der Waals surface area contributed by atoms with Gasteiger partial charge in [0.1, 0.15) is 11.2 Å². The van der Waals surface area contributed by atoms with Crippen molar-refractivity contribution in [2.75, 3.05) is 24.7 Å². The SMILES string of the molecule is CCOC(=O)C1CSCCN1C(=O)c1cnc(Cl)c(Cl)c1. The van der Waals surface area contributed by atoms with Crippen LogP contribution in [0.15, 0.2) is 12.3 Å². The lowest BCUT2D eigenvalue weighted by Crippen LogP contribution is -2.51. The molecular formula is C13H14Cl2N2O3S. The number of aromatic nitrogens is 1. The van der Waals surface area contributed by atoms with Crippen molar-refractivity contribution in [2.45, 2.75) is 13.0 Å². The van der Waals surface area contributed by atoms with Crippen LogP contribution in [0, 0.1) is 0 Å². The minimum absolute atomic E-state index is 0.143. The maximum absolute atomic E-state index is 12.5. The highest BCUT2D eigenvalue weighted by Crippen LogP contribution is 2.23. The first kappa shape index (κ1) is 16.4. The van der Waals surface area contributed by atoms with Gasteiger partial charge in [-0.3, -0.25) is 4.79 Å². The molecule has 1 atom stereocenters. The number of pyridine rings is 1. The highest BCUT2D eigenvalue weighted by molar-refractivity contribution is 7.99. The van der Waals surface area contributed by atoms with Gasteiger partial charge in [0.15, 0.2) is 0 Å². The van der Waals surface area contributed by atoms with E-state index in [4.69, 9.17) is 27.9 Å². The zero-order chi connectivity index (χ0) is 15.4. The standard InChI is InChI=1S/C13H14Cl2N2O3S/c1-2-20-13(19)10-7-21-4-3-17(10)12(18)8-5-9(14)11(15)16-6-8/h5-6,10H,2-4,7H2,1H3. The summed E-state index contributed by atoms with van der Waals surface area (Å²) in [5, 5.41) is 0.353. The van der Waals surface area contributed by atoms with Gasteiger partial charge >= 0.3 is 5.97 Å². The van der Waals surface area contributed by atoms with Crippen molar-refractivity contribution in [2.24, 2.45) is 0 Å². The molecule has 0 N–H and O–H groups in total. The molecule has 1 saturated heterocycles. The summed E-state index contributed by atoms with van der Waals surface area (Å²) in [5.74, 6) is 0.626. The summed E-state index contributed by atoms with van der Waals surface area (Å²) < 4.78 is 5.03. The van der Waals surface area contributed by atoms with Crippen molar-refractivity contribution < 1.29 is 14.3 Å². The number of amides is 1. The molecule has 0 aliphatic carbocycles. The average Bonchev–Trinajstić information content (AvgIpc) is 2.49. The lowest BCUT2D eigenvalue weighted by molar-refractivity contribution is -0.147. The molecule has 1 aliphatic heterocycles. The van der Waals surface area contributed by atoms with Crippen LogP contribution >= 0.6 is 35.0 Å². The molecule has 114 valence electrons. The highest BCUT2D eigenvalue weighted by Gasteiger charge is 2.34. The molecule has 2 heterocycles. The van der Waals surface area contributed by atoms with Gasteiger partial charge in [0.05, 0.1) is 17.2 Å². The maximum atomic E-state index is 12.5. The molecule has 1 aromatic heterocycles. The van der Waals surface area contributed by atoms with E-state index < -0.39 is 6.04 Å². The largest absolute Gasteiger partial charge is 0.464 e. The predicted octanol–water partition coefficient (Wildman–Crippen LogP) is 2.51. The van der Waals surface area contributed by atoms with Crippen LogP contribution in [0.1, 0.15) is 17.3 Å². The minimum atomic E-state index is -0.578. The maximum Gasteiger partial charge on any atom is 0.329 e. The van der Waals surface area contributed by atoms with E-state index in [0.717, 1.165) is 5.75 Å². The molecule has 1 fully saturated rings. The molecule has 8 heteroatoms. The van der Waals surface area contributed by atoms with Gasteiger partial charge in [0.2, 0.25) is 0 Å². The second-order valence-corrected chi connectivity index (χ2v) is 6.25. The van der Waals surface area contributed by atoms with Crippen LogP contribution in [0.4, 0.5) is 0 Å². The van der Waals surface area contributed by atoms with Gasteiger partial charge in [-0.1, -0.05) is 23.2 Å². The van der Waals surface area contributed by atoms with Gasteiger partial charge in [0, 0.05) is 24.2 Å². The Morgan fingerprint density at radius 3 is 2.95 bits per heavy atom. The van der Waals surface area contributed by atoms with Gasteiger partial charge in [-0.05, 0) is 13.0 Å². The molecule has 21 heavy (non-hydrogen) atoms. The molecule has 1 aliphatic rings. The molecule has 0 aromatic carbocycles. The number of rotatable bonds is 3. The zero-order valence-corrected chi connectivity index (χ0v) is 13.7. The van der Waals surface area contributed by atoms with Crippen LogP contribution in [-0.2, 0) is 9.53 Å². The molecule has 0 saturated carbocycles. The van der Waals surface area contributed by atoms with Crippen LogP contribution < -0.4 is 0 Å². The van der Waals surface area contributed by atoms with Crippen LogP contribution in [0.2, 0.25) is 10.2 Å². The quantitative estimate of drug-likeness (QED) is 0.620. The Labute approximate surface area is 136 Å². The predicted molar refractivity (Wildman–Crippen MR) is 83.0 cm³/mol. The van der Waals surface area contributed by atoms with Crippen LogP contribution in [-0.4, -0.2) is 52.5 Å².